The van der Waals surface area contributed by atoms with Crippen LogP contribution in [0.4, 0.5) is 0 Å². The van der Waals surface area contributed by atoms with Crippen LogP contribution in [0.25, 0.3) is 11.5 Å². The number of hydrogen-bond acceptors (Lipinski definition) is 8. The first-order valence-electron chi connectivity index (χ1n) is 5.48. The molecule has 12 heteroatoms. The number of pyridine rings is 1. The van der Waals surface area contributed by atoms with Crippen LogP contribution in [0.1, 0.15) is 5.56 Å². The van der Waals surface area contributed by atoms with Crippen LogP contribution in [-0.2, 0) is 15.8 Å². The van der Waals surface area contributed by atoms with Gasteiger partial charge >= 0.3 is 7.12 Å². The molecule has 10 nitrogen and oxygen atoms in total. The Kier molecular flexibility index (Phi) is 4.39. The van der Waals surface area contributed by atoms with Gasteiger partial charge in [0.2, 0.25) is 15.8 Å². The molecule has 0 aliphatic carbocycles. The zero-order valence-electron chi connectivity index (χ0n) is 10.1. The van der Waals surface area contributed by atoms with Gasteiger partial charge in [0.1, 0.15) is 5.69 Å². The Morgan fingerprint density at radius 3 is 2.70 bits per heavy atom. The Morgan fingerprint density at radius 1 is 1.35 bits per heavy atom. The van der Waals surface area contributed by atoms with E-state index in [9.17, 15) is 8.42 Å². The van der Waals surface area contributed by atoms with Crippen LogP contribution in [0.3, 0.4) is 0 Å². The number of sulfonamides is 1. The number of aromatic nitrogens is 5. The molecule has 0 fully saturated rings. The lowest BCUT2D eigenvalue weighted by atomic mass is 9.94. The van der Waals surface area contributed by atoms with Crippen molar-refractivity contribution in [1.82, 2.24) is 30.3 Å². The lowest BCUT2D eigenvalue weighted by Crippen LogP contribution is -2.35. The Hall–Kier alpha value is -1.89. The molecule has 0 aromatic carbocycles. The molecule has 0 saturated heterocycles. The summed E-state index contributed by atoms with van der Waals surface area (Å²) in [7, 11) is -5.39. The van der Waals surface area contributed by atoms with E-state index in [0.717, 1.165) is 0 Å². The van der Waals surface area contributed by atoms with Crippen LogP contribution in [0.15, 0.2) is 18.3 Å². The summed E-state index contributed by atoms with van der Waals surface area (Å²) in [6.07, 6.45) is 0.914. The monoisotopic (exact) mass is 298 g/mol. The first kappa shape index (κ1) is 14.5. The molecule has 0 spiro atoms. The topological polar surface area (TPSA) is 154 Å². The molecule has 0 aliphatic rings. The lowest BCUT2D eigenvalue weighted by Gasteiger charge is -2.06. The Labute approximate surface area is 114 Å². The molecule has 2 rings (SSSR count). The highest BCUT2D eigenvalue weighted by molar-refractivity contribution is 7.88. The van der Waals surface area contributed by atoms with E-state index in [2.05, 4.69) is 30.3 Å². The van der Waals surface area contributed by atoms with Gasteiger partial charge in [-0.3, -0.25) is 4.98 Å². The number of nitrogens with zero attached hydrogens (tertiary/aromatic N) is 4. The average Bonchev–Trinajstić information content (AvgIpc) is 2.91. The van der Waals surface area contributed by atoms with E-state index in [1.165, 1.54) is 6.20 Å². The van der Waals surface area contributed by atoms with E-state index in [4.69, 9.17) is 10.0 Å². The molecule has 0 aliphatic heterocycles. The number of aromatic amines is 1. The minimum absolute atomic E-state index is 0.306. The largest absolute Gasteiger partial charge is 0.467 e. The van der Waals surface area contributed by atoms with Crippen LogP contribution >= 0.6 is 0 Å². The van der Waals surface area contributed by atoms with E-state index in [1.54, 1.807) is 12.1 Å². The Bertz CT molecular complexity index is 644. The highest BCUT2D eigenvalue weighted by Gasteiger charge is 2.16. The SMILES string of the molecule is O=S(=O)(Cc1ccc(-c2nn[nH]n2)nc1)NCB(O)O. The fourth-order valence-electron chi connectivity index (χ4n) is 1.38. The number of rotatable bonds is 6. The van der Waals surface area contributed by atoms with Crippen molar-refractivity contribution >= 4 is 17.1 Å². The third kappa shape index (κ3) is 4.06. The maximum absolute atomic E-state index is 11.6. The molecular weight excluding hydrogens is 287 g/mol. The fraction of sp³-hybridized carbons (Fsp3) is 0.250. The molecule has 4 N–H and O–H groups in total. The maximum atomic E-state index is 11.6. The van der Waals surface area contributed by atoms with Crippen LogP contribution in [-0.4, -0.2) is 57.6 Å². The zero-order chi connectivity index (χ0) is 14.6. The summed E-state index contributed by atoms with van der Waals surface area (Å²) in [6, 6.07) is 3.13. The molecule has 0 unspecified atom stereocenters. The Balaban J connectivity index is 2.04. The normalized spacial score (nSPS) is 11.5. The highest BCUT2D eigenvalue weighted by atomic mass is 32.2. The van der Waals surface area contributed by atoms with Gasteiger partial charge in [0.25, 0.3) is 0 Å². The van der Waals surface area contributed by atoms with Gasteiger partial charge in [0, 0.05) is 12.6 Å². The summed E-state index contributed by atoms with van der Waals surface area (Å²) in [4.78, 5) is 4.02. The second-order valence-corrected chi connectivity index (χ2v) is 5.68. The number of H-pyrrole nitrogens is 1. The van der Waals surface area contributed by atoms with Crippen LogP contribution in [0.5, 0.6) is 0 Å². The van der Waals surface area contributed by atoms with Gasteiger partial charge in [-0.25, -0.2) is 13.1 Å². The summed E-state index contributed by atoms with van der Waals surface area (Å²) in [6.45, 7) is 0. The first-order valence-corrected chi connectivity index (χ1v) is 7.14. The molecule has 20 heavy (non-hydrogen) atoms. The van der Waals surface area contributed by atoms with Gasteiger partial charge in [-0.05, 0) is 16.8 Å². The maximum Gasteiger partial charge on any atom is 0.467 e. The summed E-state index contributed by atoms with van der Waals surface area (Å²) in [5.41, 5.74) is 0.899. The molecule has 106 valence electrons. The molecule has 2 heterocycles. The summed E-state index contributed by atoms with van der Waals surface area (Å²) in [5.74, 6) is -0.0138. The van der Waals surface area contributed by atoms with Crippen LogP contribution in [0, 0.1) is 0 Å². The summed E-state index contributed by atoms with van der Waals surface area (Å²) >= 11 is 0. The van der Waals surface area contributed by atoms with E-state index in [0.29, 0.717) is 17.1 Å². The van der Waals surface area contributed by atoms with Gasteiger partial charge in [-0.15, -0.1) is 10.2 Å². The smallest absolute Gasteiger partial charge is 0.426 e. The molecule has 2 aromatic heterocycles. The van der Waals surface area contributed by atoms with Crippen molar-refractivity contribution in [2.24, 2.45) is 0 Å². The van der Waals surface area contributed by atoms with Crippen molar-refractivity contribution in [1.29, 1.82) is 0 Å². The van der Waals surface area contributed by atoms with Crippen molar-refractivity contribution in [3.05, 3.63) is 23.9 Å². The van der Waals surface area contributed by atoms with Crippen molar-refractivity contribution < 1.29 is 18.5 Å². The van der Waals surface area contributed by atoms with E-state index >= 15 is 0 Å². The second-order valence-electron chi connectivity index (χ2n) is 3.88. The predicted molar refractivity (Wildman–Crippen MR) is 68.2 cm³/mol. The van der Waals surface area contributed by atoms with Crippen LogP contribution < -0.4 is 4.72 Å². The van der Waals surface area contributed by atoms with Crippen molar-refractivity contribution in [3.63, 3.8) is 0 Å². The molecule has 0 radical (unpaired) electrons. The van der Waals surface area contributed by atoms with Gasteiger partial charge < -0.3 is 10.0 Å². The third-order valence-electron chi connectivity index (χ3n) is 2.24. The highest BCUT2D eigenvalue weighted by Crippen LogP contribution is 2.11. The second kappa shape index (κ2) is 6.05. The van der Waals surface area contributed by atoms with E-state index < -0.39 is 23.6 Å². The summed E-state index contributed by atoms with van der Waals surface area (Å²) in [5, 5.41) is 30.4. The number of hydrogen-bond donors (Lipinski definition) is 4. The minimum atomic E-state index is -3.66. The average molecular weight is 298 g/mol. The third-order valence-corrected chi connectivity index (χ3v) is 3.56. The Morgan fingerprint density at radius 2 is 2.15 bits per heavy atom. The fourth-order valence-corrected chi connectivity index (χ4v) is 2.50. The summed E-state index contributed by atoms with van der Waals surface area (Å²) < 4.78 is 25.3. The van der Waals surface area contributed by atoms with Gasteiger partial charge in [-0.2, -0.15) is 5.21 Å². The molecule has 0 amide bonds. The quantitative estimate of drug-likeness (QED) is 0.434. The van der Waals surface area contributed by atoms with E-state index in [-0.39, 0.29) is 5.75 Å². The molecule has 2 aromatic rings. The van der Waals surface area contributed by atoms with Gasteiger partial charge in [0.05, 0.1) is 5.75 Å². The van der Waals surface area contributed by atoms with Gasteiger partial charge in [-0.1, -0.05) is 6.07 Å². The molecule has 0 atom stereocenters. The predicted octanol–water partition coefficient (Wildman–Crippen LogP) is -2.31. The van der Waals surface area contributed by atoms with E-state index in [1.807, 2.05) is 0 Å². The minimum Gasteiger partial charge on any atom is -0.426 e. The first-order chi connectivity index (χ1) is 9.46. The van der Waals surface area contributed by atoms with Crippen molar-refractivity contribution in [3.8, 4) is 11.5 Å². The molecular formula is C8H11BN6O4S. The van der Waals surface area contributed by atoms with Crippen molar-refractivity contribution in [2.75, 3.05) is 6.44 Å². The molecule has 0 saturated carbocycles. The standard InChI is InChI=1S/C8H11BN6O4S/c16-9(17)5-11-20(18,19)4-6-1-2-7(10-3-6)8-12-14-15-13-8/h1-3,11,16-17H,4-5H2,(H,12,13,14,15). The number of nitrogens with one attached hydrogen (secondary N) is 2. The zero-order valence-corrected chi connectivity index (χ0v) is 10.9. The molecule has 0 bridgehead atoms. The van der Waals surface area contributed by atoms with Crippen LogP contribution in [0.2, 0.25) is 0 Å². The van der Waals surface area contributed by atoms with Crippen molar-refractivity contribution in [2.45, 2.75) is 5.75 Å². The number of tetrazole rings is 1. The lowest BCUT2D eigenvalue weighted by molar-refractivity contribution is 0.404. The van der Waals surface area contributed by atoms with Gasteiger partial charge in [0.15, 0.2) is 0 Å².